The van der Waals surface area contributed by atoms with Gasteiger partial charge in [-0.1, -0.05) is 43.2 Å². The van der Waals surface area contributed by atoms with Crippen molar-refractivity contribution in [2.45, 2.75) is 61.7 Å². The van der Waals surface area contributed by atoms with Crippen molar-refractivity contribution in [2.24, 2.45) is 5.92 Å². The minimum Gasteiger partial charge on any atom is -0.497 e. The summed E-state index contributed by atoms with van der Waals surface area (Å²) in [4.78, 5) is 12.9. The van der Waals surface area contributed by atoms with Gasteiger partial charge in [0.25, 0.3) is 0 Å². The van der Waals surface area contributed by atoms with Crippen LogP contribution in [0.4, 0.5) is 4.79 Å². The van der Waals surface area contributed by atoms with Gasteiger partial charge < -0.3 is 25.2 Å². The van der Waals surface area contributed by atoms with Crippen LogP contribution in [-0.2, 0) is 21.2 Å². The van der Waals surface area contributed by atoms with Crippen molar-refractivity contribution >= 4 is 16.1 Å². The number of rotatable bonds is 12. The highest BCUT2D eigenvalue weighted by molar-refractivity contribution is 7.89. The minimum absolute atomic E-state index is 0.143. The zero-order valence-corrected chi connectivity index (χ0v) is 22.7. The van der Waals surface area contributed by atoms with E-state index < -0.39 is 28.3 Å². The molecular formula is C28H39N3O6S. The van der Waals surface area contributed by atoms with Crippen LogP contribution in [0.1, 0.15) is 37.7 Å². The molecule has 2 aliphatic rings. The SMILES string of the molecule is COc1ccc(S(=O)(=O)N(CC2CCCC2)C[C@H](O)C(Cc2ccccc2)NC(=O)O[C@@H]2CCNC2)cc1. The Morgan fingerprint density at radius 2 is 1.82 bits per heavy atom. The van der Waals surface area contributed by atoms with Gasteiger partial charge in [-0.15, -0.1) is 0 Å². The summed E-state index contributed by atoms with van der Waals surface area (Å²) in [5.41, 5.74) is 0.916. The molecule has 2 aromatic rings. The van der Waals surface area contributed by atoms with Crippen LogP contribution in [0.25, 0.3) is 0 Å². The van der Waals surface area contributed by atoms with Gasteiger partial charge >= 0.3 is 6.09 Å². The second-order valence-corrected chi connectivity index (χ2v) is 12.1. The maximum atomic E-state index is 13.7. The van der Waals surface area contributed by atoms with Gasteiger partial charge in [0.05, 0.1) is 24.2 Å². The summed E-state index contributed by atoms with van der Waals surface area (Å²) in [6.07, 6.45) is 3.13. The molecule has 4 rings (SSSR count). The first-order chi connectivity index (χ1) is 18.3. The van der Waals surface area contributed by atoms with Gasteiger partial charge in [-0.2, -0.15) is 4.31 Å². The van der Waals surface area contributed by atoms with E-state index in [2.05, 4.69) is 10.6 Å². The second kappa shape index (κ2) is 13.4. The Balaban J connectivity index is 1.54. The Kier molecular flexibility index (Phi) is 10.0. The molecule has 0 bridgehead atoms. The molecule has 1 saturated heterocycles. The monoisotopic (exact) mass is 545 g/mol. The smallest absolute Gasteiger partial charge is 0.407 e. The first kappa shape index (κ1) is 28.4. The molecule has 3 N–H and O–H groups in total. The number of benzene rings is 2. The highest BCUT2D eigenvalue weighted by Gasteiger charge is 2.33. The molecule has 1 aliphatic carbocycles. The number of nitrogens with zero attached hydrogens (tertiary/aromatic N) is 1. The molecule has 38 heavy (non-hydrogen) atoms. The quantitative estimate of drug-likeness (QED) is 0.375. The molecular weight excluding hydrogens is 506 g/mol. The molecule has 2 aromatic carbocycles. The lowest BCUT2D eigenvalue weighted by molar-refractivity contribution is 0.0752. The van der Waals surface area contributed by atoms with Crippen molar-refractivity contribution < 1.29 is 27.8 Å². The predicted octanol–water partition coefficient (Wildman–Crippen LogP) is 2.94. The maximum absolute atomic E-state index is 13.7. The van der Waals surface area contributed by atoms with Gasteiger partial charge in [-0.3, -0.25) is 0 Å². The van der Waals surface area contributed by atoms with Crippen LogP contribution in [-0.4, -0.2) is 75.5 Å². The van der Waals surface area contributed by atoms with E-state index in [-0.39, 0.29) is 23.5 Å². The van der Waals surface area contributed by atoms with Crippen LogP contribution < -0.4 is 15.4 Å². The van der Waals surface area contributed by atoms with Crippen molar-refractivity contribution in [1.82, 2.24) is 14.9 Å². The Labute approximate surface area is 225 Å². The van der Waals surface area contributed by atoms with E-state index in [0.717, 1.165) is 44.2 Å². The summed E-state index contributed by atoms with van der Waals surface area (Å²) in [6.45, 7) is 1.55. The number of hydrogen-bond acceptors (Lipinski definition) is 7. The van der Waals surface area contributed by atoms with Gasteiger partial charge in [0.1, 0.15) is 11.9 Å². The van der Waals surface area contributed by atoms with Crippen LogP contribution >= 0.6 is 0 Å². The lowest BCUT2D eigenvalue weighted by Crippen LogP contribution is -2.51. The first-order valence-corrected chi connectivity index (χ1v) is 14.8. The summed E-state index contributed by atoms with van der Waals surface area (Å²) in [5, 5.41) is 17.4. The van der Waals surface area contributed by atoms with E-state index in [9.17, 15) is 18.3 Å². The molecule has 1 heterocycles. The Morgan fingerprint density at radius 1 is 1.11 bits per heavy atom. The van der Waals surface area contributed by atoms with Crippen LogP contribution in [0.5, 0.6) is 5.75 Å². The number of carbonyl (C=O) groups excluding carboxylic acids is 1. The highest BCUT2D eigenvalue weighted by atomic mass is 32.2. The van der Waals surface area contributed by atoms with Crippen LogP contribution in [0.15, 0.2) is 59.5 Å². The molecule has 0 aromatic heterocycles. The average Bonchev–Trinajstić information content (AvgIpc) is 3.63. The van der Waals surface area contributed by atoms with Crippen molar-refractivity contribution in [3.8, 4) is 5.75 Å². The summed E-state index contributed by atoms with van der Waals surface area (Å²) in [7, 11) is -2.37. The number of aliphatic hydroxyl groups is 1. The summed E-state index contributed by atoms with van der Waals surface area (Å²) >= 11 is 0. The standard InChI is InChI=1S/C28H39N3O6S/c1-36-23-11-13-25(14-12-23)38(34,35)31(19-22-9-5-6-10-22)20-27(32)26(17-21-7-3-2-4-8-21)30-28(33)37-24-15-16-29-18-24/h2-4,7-8,11-14,22,24,26-27,29,32H,5-6,9-10,15-20H2,1H3,(H,30,33)/t24-,26?,27+/m1/s1. The second-order valence-electron chi connectivity index (χ2n) is 10.2. The molecule has 0 radical (unpaired) electrons. The summed E-state index contributed by atoms with van der Waals surface area (Å²) in [5.74, 6) is 0.796. The maximum Gasteiger partial charge on any atom is 0.407 e. The lowest BCUT2D eigenvalue weighted by Gasteiger charge is -2.31. The third-order valence-electron chi connectivity index (χ3n) is 7.38. The van der Waals surface area contributed by atoms with E-state index >= 15 is 0 Å². The fourth-order valence-electron chi connectivity index (χ4n) is 5.20. The predicted molar refractivity (Wildman–Crippen MR) is 145 cm³/mol. The van der Waals surface area contributed by atoms with E-state index in [1.807, 2.05) is 30.3 Å². The molecule has 1 saturated carbocycles. The van der Waals surface area contributed by atoms with Gasteiger partial charge in [0, 0.05) is 19.6 Å². The van der Waals surface area contributed by atoms with Crippen molar-refractivity contribution in [3.05, 3.63) is 60.2 Å². The number of alkyl carbamates (subject to hydrolysis) is 1. The molecule has 3 atom stereocenters. The van der Waals surface area contributed by atoms with E-state index in [1.54, 1.807) is 12.1 Å². The summed E-state index contributed by atoms with van der Waals surface area (Å²) in [6, 6.07) is 15.0. The number of methoxy groups -OCH3 is 1. The third-order valence-corrected chi connectivity index (χ3v) is 9.23. The highest BCUT2D eigenvalue weighted by Crippen LogP contribution is 2.29. The molecule has 1 aliphatic heterocycles. The number of amides is 1. The number of sulfonamides is 1. The number of hydrogen-bond donors (Lipinski definition) is 3. The van der Waals surface area contributed by atoms with Crippen molar-refractivity contribution in [3.63, 3.8) is 0 Å². The fourth-order valence-corrected chi connectivity index (χ4v) is 6.74. The first-order valence-electron chi connectivity index (χ1n) is 13.4. The Hall–Kier alpha value is -2.66. The van der Waals surface area contributed by atoms with Gasteiger partial charge in [0.2, 0.25) is 10.0 Å². The topological polar surface area (TPSA) is 117 Å². The minimum atomic E-state index is -3.90. The van der Waals surface area contributed by atoms with Crippen molar-refractivity contribution in [1.29, 1.82) is 0 Å². The van der Waals surface area contributed by atoms with Gasteiger partial charge in [-0.05, 0) is 68.0 Å². The number of nitrogens with one attached hydrogen (secondary N) is 2. The third kappa shape index (κ3) is 7.69. The number of ether oxygens (including phenoxy) is 2. The number of aliphatic hydroxyl groups excluding tert-OH is 1. The molecule has 9 nitrogen and oxygen atoms in total. The van der Waals surface area contributed by atoms with Crippen LogP contribution in [0, 0.1) is 5.92 Å². The van der Waals surface area contributed by atoms with E-state index in [0.29, 0.717) is 25.3 Å². The zero-order valence-electron chi connectivity index (χ0n) is 21.9. The summed E-state index contributed by atoms with van der Waals surface area (Å²) < 4.78 is 39.6. The van der Waals surface area contributed by atoms with E-state index in [4.69, 9.17) is 9.47 Å². The molecule has 1 unspecified atom stereocenters. The van der Waals surface area contributed by atoms with Crippen LogP contribution in [0.3, 0.4) is 0 Å². The van der Waals surface area contributed by atoms with E-state index in [1.165, 1.54) is 23.5 Å². The van der Waals surface area contributed by atoms with Gasteiger partial charge in [0.15, 0.2) is 0 Å². The fraction of sp³-hybridized carbons (Fsp3) is 0.536. The molecule has 2 fully saturated rings. The number of carbonyl (C=O) groups is 1. The molecule has 10 heteroatoms. The molecule has 1 amide bonds. The zero-order chi connectivity index (χ0) is 27.0. The molecule has 208 valence electrons. The largest absolute Gasteiger partial charge is 0.497 e. The van der Waals surface area contributed by atoms with Crippen LogP contribution in [0.2, 0.25) is 0 Å². The molecule has 0 spiro atoms. The van der Waals surface area contributed by atoms with Gasteiger partial charge in [-0.25, -0.2) is 13.2 Å². The Morgan fingerprint density at radius 3 is 2.45 bits per heavy atom. The Bertz CT molecular complexity index is 1120. The van der Waals surface area contributed by atoms with Crippen molar-refractivity contribution in [2.75, 3.05) is 33.3 Å². The average molecular weight is 546 g/mol. The normalized spacial score (nSPS) is 19.8. The lowest BCUT2D eigenvalue weighted by atomic mass is 10.0.